The van der Waals surface area contributed by atoms with Gasteiger partial charge in [-0.3, -0.25) is 0 Å². The lowest BCUT2D eigenvalue weighted by Crippen LogP contribution is -2.18. The van der Waals surface area contributed by atoms with Crippen molar-refractivity contribution in [3.05, 3.63) is 23.8 Å². The van der Waals surface area contributed by atoms with Crippen molar-refractivity contribution in [3.63, 3.8) is 0 Å². The van der Waals surface area contributed by atoms with Crippen LogP contribution in [-0.2, 0) is 6.42 Å². The molecule has 0 saturated heterocycles. The van der Waals surface area contributed by atoms with Crippen molar-refractivity contribution in [2.24, 2.45) is 17.8 Å². The fraction of sp³-hybridized carbons (Fsp3) is 0.875. The lowest BCUT2D eigenvalue weighted by Gasteiger charge is -2.31. The van der Waals surface area contributed by atoms with E-state index in [1.165, 1.54) is 140 Å². The van der Waals surface area contributed by atoms with Crippen molar-refractivity contribution < 1.29 is 0 Å². The summed E-state index contributed by atoms with van der Waals surface area (Å²) < 4.78 is 0. The van der Waals surface area contributed by atoms with Gasteiger partial charge in [-0.15, -0.1) is 0 Å². The fourth-order valence-electron chi connectivity index (χ4n) is 6.66. The number of aromatic nitrogens is 2. The van der Waals surface area contributed by atoms with Gasteiger partial charge in [-0.2, -0.15) is 0 Å². The van der Waals surface area contributed by atoms with Crippen LogP contribution < -0.4 is 0 Å². The number of rotatable bonds is 16. The van der Waals surface area contributed by atoms with Crippen molar-refractivity contribution in [1.29, 1.82) is 0 Å². The van der Waals surface area contributed by atoms with Gasteiger partial charge < -0.3 is 0 Å². The Morgan fingerprint density at radius 3 is 1.59 bits per heavy atom. The van der Waals surface area contributed by atoms with Gasteiger partial charge in [-0.25, -0.2) is 9.97 Å². The highest BCUT2D eigenvalue weighted by Gasteiger charge is 2.26. The van der Waals surface area contributed by atoms with Crippen LogP contribution in [0.5, 0.6) is 0 Å². The molecule has 0 aliphatic heterocycles. The van der Waals surface area contributed by atoms with Crippen LogP contribution in [0.15, 0.2) is 12.4 Å². The fourth-order valence-corrected chi connectivity index (χ4v) is 6.66. The maximum absolute atomic E-state index is 4.79. The maximum Gasteiger partial charge on any atom is 0.131 e. The van der Waals surface area contributed by atoms with Crippen LogP contribution in [0.2, 0.25) is 0 Å². The minimum atomic E-state index is 0.614. The van der Waals surface area contributed by atoms with Gasteiger partial charge in [-0.05, 0) is 61.8 Å². The summed E-state index contributed by atoms with van der Waals surface area (Å²) in [5.74, 6) is 4.80. The van der Waals surface area contributed by atoms with Crippen LogP contribution in [0, 0.1) is 17.8 Å². The number of unbranched alkanes of at least 4 members (excludes halogenated alkanes) is 8. The van der Waals surface area contributed by atoms with Crippen LogP contribution in [-0.4, -0.2) is 9.97 Å². The molecule has 0 spiro atoms. The zero-order valence-corrected chi connectivity index (χ0v) is 22.9. The summed E-state index contributed by atoms with van der Waals surface area (Å²) in [5, 5.41) is 0. The van der Waals surface area contributed by atoms with Crippen LogP contribution in [0.25, 0.3) is 0 Å². The molecule has 2 heteroatoms. The highest BCUT2D eigenvalue weighted by Crippen LogP contribution is 2.39. The molecule has 0 radical (unpaired) electrons. The monoisotopic (exact) mass is 468 g/mol. The predicted molar refractivity (Wildman–Crippen MR) is 147 cm³/mol. The smallest absolute Gasteiger partial charge is 0.131 e. The molecule has 1 heterocycles. The van der Waals surface area contributed by atoms with Crippen LogP contribution in [0.3, 0.4) is 0 Å². The number of aryl methyl sites for hydroxylation is 1. The Balaban J connectivity index is 1.24. The van der Waals surface area contributed by atoms with Crippen molar-refractivity contribution >= 4 is 0 Å². The molecule has 0 bridgehead atoms. The maximum atomic E-state index is 4.79. The van der Waals surface area contributed by atoms with E-state index in [4.69, 9.17) is 9.97 Å². The Labute approximate surface area is 212 Å². The summed E-state index contributed by atoms with van der Waals surface area (Å²) in [6.45, 7) is 4.60. The van der Waals surface area contributed by atoms with E-state index in [9.17, 15) is 0 Å². The van der Waals surface area contributed by atoms with Gasteiger partial charge in [0, 0.05) is 18.3 Å². The second-order valence-corrected chi connectivity index (χ2v) is 12.0. The summed E-state index contributed by atoms with van der Waals surface area (Å²) in [4.78, 5) is 9.59. The van der Waals surface area contributed by atoms with Crippen molar-refractivity contribution in [3.8, 4) is 0 Å². The molecule has 1 aromatic heterocycles. The standard InChI is InChI=1S/C32H56N2/c1-3-5-7-9-11-13-27-15-17-28(18-16-27)19-20-29-21-23-31(24-22-29)32-33-25-30(26-34-32)14-12-10-8-6-4-2/h25-29,31H,3-24H2,1-2H3. The molecule has 2 fully saturated rings. The molecule has 3 rings (SSSR count). The van der Waals surface area contributed by atoms with E-state index < -0.39 is 0 Å². The zero-order chi connectivity index (χ0) is 23.8. The average Bonchev–Trinajstić information content (AvgIpc) is 2.89. The molecule has 2 nitrogen and oxygen atoms in total. The van der Waals surface area contributed by atoms with Crippen LogP contribution in [0.1, 0.15) is 166 Å². The van der Waals surface area contributed by atoms with E-state index in [1.54, 1.807) is 0 Å². The quantitative estimate of drug-likeness (QED) is 0.225. The molecule has 0 atom stereocenters. The topological polar surface area (TPSA) is 25.8 Å². The minimum Gasteiger partial charge on any atom is -0.241 e. The molecule has 2 saturated carbocycles. The van der Waals surface area contributed by atoms with Crippen LogP contribution >= 0.6 is 0 Å². The molecule has 1 aromatic rings. The van der Waals surface area contributed by atoms with Gasteiger partial charge in [0.15, 0.2) is 0 Å². The normalized spacial score (nSPS) is 25.5. The molecule has 2 aliphatic carbocycles. The lowest BCUT2D eigenvalue weighted by molar-refractivity contribution is 0.221. The number of hydrogen-bond donors (Lipinski definition) is 0. The van der Waals surface area contributed by atoms with Gasteiger partial charge in [0.1, 0.15) is 5.82 Å². The van der Waals surface area contributed by atoms with Gasteiger partial charge in [-0.1, -0.05) is 117 Å². The largest absolute Gasteiger partial charge is 0.241 e. The molecule has 194 valence electrons. The van der Waals surface area contributed by atoms with E-state index >= 15 is 0 Å². The van der Waals surface area contributed by atoms with Gasteiger partial charge in [0.25, 0.3) is 0 Å². The number of nitrogens with zero attached hydrogens (tertiary/aromatic N) is 2. The first-order chi connectivity index (χ1) is 16.8. The first-order valence-electron chi connectivity index (χ1n) is 15.6. The summed E-state index contributed by atoms with van der Waals surface area (Å²) in [6, 6.07) is 0. The first-order valence-corrected chi connectivity index (χ1v) is 15.6. The third-order valence-electron chi connectivity index (χ3n) is 9.17. The second kappa shape index (κ2) is 16.7. The molecule has 0 N–H and O–H groups in total. The predicted octanol–water partition coefficient (Wildman–Crippen LogP) is 10.2. The van der Waals surface area contributed by atoms with E-state index in [-0.39, 0.29) is 0 Å². The minimum absolute atomic E-state index is 0.614. The summed E-state index contributed by atoms with van der Waals surface area (Å²) in [7, 11) is 0. The van der Waals surface area contributed by atoms with Gasteiger partial charge in [0.2, 0.25) is 0 Å². The Bertz CT molecular complexity index is 608. The van der Waals surface area contributed by atoms with E-state index in [1.807, 2.05) is 0 Å². The van der Waals surface area contributed by atoms with E-state index in [0.29, 0.717) is 5.92 Å². The number of hydrogen-bond acceptors (Lipinski definition) is 2. The van der Waals surface area contributed by atoms with Gasteiger partial charge >= 0.3 is 0 Å². The zero-order valence-electron chi connectivity index (χ0n) is 22.9. The Morgan fingerprint density at radius 2 is 1.03 bits per heavy atom. The molecule has 0 unspecified atom stereocenters. The molecular formula is C32H56N2. The highest BCUT2D eigenvalue weighted by atomic mass is 14.9. The first kappa shape index (κ1) is 27.7. The van der Waals surface area contributed by atoms with Crippen molar-refractivity contribution in [2.45, 2.75) is 161 Å². The highest BCUT2D eigenvalue weighted by molar-refractivity contribution is 5.08. The Morgan fingerprint density at radius 1 is 0.559 bits per heavy atom. The summed E-state index contributed by atoms with van der Waals surface area (Å²) in [5.41, 5.74) is 1.33. The van der Waals surface area contributed by atoms with Crippen molar-refractivity contribution in [2.75, 3.05) is 0 Å². The van der Waals surface area contributed by atoms with Crippen molar-refractivity contribution in [1.82, 2.24) is 9.97 Å². The third kappa shape index (κ3) is 10.4. The summed E-state index contributed by atoms with van der Waals surface area (Å²) in [6.07, 6.45) is 35.4. The molecule has 0 amide bonds. The summed E-state index contributed by atoms with van der Waals surface area (Å²) >= 11 is 0. The SMILES string of the molecule is CCCCCCCc1cnc(C2CCC(CCC3CCC(CCCCCCC)CC3)CC2)nc1. The second-order valence-electron chi connectivity index (χ2n) is 12.0. The Hall–Kier alpha value is -0.920. The van der Waals surface area contributed by atoms with E-state index in [2.05, 4.69) is 26.2 Å². The van der Waals surface area contributed by atoms with Crippen LogP contribution in [0.4, 0.5) is 0 Å². The Kier molecular flexibility index (Phi) is 13.6. The third-order valence-corrected chi connectivity index (χ3v) is 9.17. The molecule has 34 heavy (non-hydrogen) atoms. The molecular weight excluding hydrogens is 412 g/mol. The lowest BCUT2D eigenvalue weighted by atomic mass is 9.74. The average molecular weight is 469 g/mol. The molecule has 2 aliphatic rings. The molecule has 0 aromatic carbocycles. The van der Waals surface area contributed by atoms with Gasteiger partial charge in [0.05, 0.1) is 0 Å². The van der Waals surface area contributed by atoms with E-state index in [0.717, 1.165) is 30.0 Å².